The Morgan fingerprint density at radius 2 is 2.17 bits per heavy atom. The van der Waals surface area contributed by atoms with Crippen LogP contribution in [0.1, 0.15) is 6.42 Å². The van der Waals surface area contributed by atoms with Gasteiger partial charge < -0.3 is 14.4 Å². The first kappa shape index (κ1) is 12.5. The first-order valence-electron chi connectivity index (χ1n) is 5.84. The zero-order valence-corrected chi connectivity index (χ0v) is 10.7. The quantitative estimate of drug-likeness (QED) is 0.766. The van der Waals surface area contributed by atoms with E-state index in [-0.39, 0.29) is 11.8 Å². The van der Waals surface area contributed by atoms with Crippen LogP contribution >= 0.6 is 0 Å². The van der Waals surface area contributed by atoms with Gasteiger partial charge in [0, 0.05) is 24.9 Å². The van der Waals surface area contributed by atoms with Gasteiger partial charge in [0.25, 0.3) is 0 Å². The molecule has 4 nitrogen and oxygen atoms in total. The predicted molar refractivity (Wildman–Crippen MR) is 70.2 cm³/mol. The predicted octanol–water partition coefficient (Wildman–Crippen LogP) is 2.24. The number of benzene rings is 1. The molecule has 18 heavy (non-hydrogen) atoms. The van der Waals surface area contributed by atoms with Gasteiger partial charge in [0.1, 0.15) is 11.5 Å². The lowest BCUT2D eigenvalue weighted by Gasteiger charge is -2.19. The van der Waals surface area contributed by atoms with Crippen molar-refractivity contribution < 1.29 is 14.3 Å². The maximum Gasteiger partial charge on any atom is 0.227 e. The Bertz CT molecular complexity index is 470. The van der Waals surface area contributed by atoms with Gasteiger partial charge in [0.15, 0.2) is 0 Å². The molecule has 1 aromatic carbocycles. The Morgan fingerprint density at radius 1 is 1.39 bits per heavy atom. The van der Waals surface area contributed by atoms with E-state index in [1.165, 1.54) is 0 Å². The molecule has 0 radical (unpaired) electrons. The van der Waals surface area contributed by atoms with Crippen LogP contribution in [0.5, 0.6) is 11.5 Å². The van der Waals surface area contributed by atoms with Gasteiger partial charge in [-0.3, -0.25) is 4.79 Å². The molecule has 0 spiro atoms. The van der Waals surface area contributed by atoms with E-state index < -0.39 is 0 Å². The summed E-state index contributed by atoms with van der Waals surface area (Å²) in [6.07, 6.45) is 2.34. The molecule has 1 aliphatic heterocycles. The summed E-state index contributed by atoms with van der Waals surface area (Å²) in [5, 5.41) is 0. The zero-order valence-electron chi connectivity index (χ0n) is 10.7. The summed E-state index contributed by atoms with van der Waals surface area (Å²) in [6.45, 7) is 4.40. The van der Waals surface area contributed by atoms with Gasteiger partial charge in [-0.2, -0.15) is 0 Å². The van der Waals surface area contributed by atoms with Crippen molar-refractivity contribution in [2.45, 2.75) is 6.42 Å². The Morgan fingerprint density at radius 3 is 2.72 bits per heavy atom. The third-order valence-corrected chi connectivity index (χ3v) is 3.17. The van der Waals surface area contributed by atoms with Crippen molar-refractivity contribution in [2.75, 3.05) is 25.7 Å². The summed E-state index contributed by atoms with van der Waals surface area (Å²) in [4.78, 5) is 13.7. The third-order valence-electron chi connectivity index (χ3n) is 3.17. The molecule has 1 atom stereocenters. The van der Waals surface area contributed by atoms with Crippen molar-refractivity contribution in [1.82, 2.24) is 0 Å². The summed E-state index contributed by atoms with van der Waals surface area (Å²) >= 11 is 0. The van der Waals surface area contributed by atoms with Crippen molar-refractivity contribution >= 4 is 11.6 Å². The van der Waals surface area contributed by atoms with Crippen molar-refractivity contribution in [3.63, 3.8) is 0 Å². The Hall–Kier alpha value is -1.97. The maximum atomic E-state index is 12.0. The number of hydrogen-bond acceptors (Lipinski definition) is 3. The molecule has 0 bridgehead atoms. The van der Waals surface area contributed by atoms with Crippen LogP contribution in [0.2, 0.25) is 0 Å². The van der Waals surface area contributed by atoms with Gasteiger partial charge in [0.2, 0.25) is 5.91 Å². The lowest BCUT2D eigenvalue weighted by molar-refractivity contribution is -0.117. The van der Waals surface area contributed by atoms with Crippen LogP contribution in [-0.2, 0) is 4.79 Å². The fourth-order valence-electron chi connectivity index (χ4n) is 2.13. The number of carbonyl (C=O) groups is 1. The number of rotatable bonds is 4. The SMILES string of the molecule is C=CC1CC(=O)N(c2ccc(OC)cc2OC)C1. The van der Waals surface area contributed by atoms with E-state index in [0.29, 0.717) is 24.5 Å². The largest absolute Gasteiger partial charge is 0.497 e. The molecule has 1 unspecified atom stereocenters. The van der Waals surface area contributed by atoms with Crippen LogP contribution in [0.3, 0.4) is 0 Å². The second-order valence-corrected chi connectivity index (χ2v) is 4.24. The average molecular weight is 247 g/mol. The van der Waals surface area contributed by atoms with E-state index in [0.717, 1.165) is 5.69 Å². The van der Waals surface area contributed by atoms with Crippen molar-refractivity contribution in [1.29, 1.82) is 0 Å². The van der Waals surface area contributed by atoms with E-state index in [4.69, 9.17) is 9.47 Å². The minimum absolute atomic E-state index is 0.100. The topological polar surface area (TPSA) is 38.8 Å². The van der Waals surface area contributed by atoms with Crippen molar-refractivity contribution in [3.8, 4) is 11.5 Å². The Balaban J connectivity index is 2.33. The fraction of sp³-hybridized carbons (Fsp3) is 0.357. The number of methoxy groups -OCH3 is 2. The molecule has 1 fully saturated rings. The highest BCUT2D eigenvalue weighted by atomic mass is 16.5. The van der Waals surface area contributed by atoms with Crippen LogP contribution in [0.25, 0.3) is 0 Å². The number of nitrogens with zero attached hydrogens (tertiary/aromatic N) is 1. The molecule has 1 aliphatic rings. The molecular formula is C14H17NO3. The molecule has 96 valence electrons. The fourth-order valence-corrected chi connectivity index (χ4v) is 2.13. The first-order valence-corrected chi connectivity index (χ1v) is 5.84. The second-order valence-electron chi connectivity index (χ2n) is 4.24. The minimum Gasteiger partial charge on any atom is -0.497 e. The summed E-state index contributed by atoms with van der Waals surface area (Å²) in [6, 6.07) is 5.46. The Labute approximate surface area is 107 Å². The molecule has 2 rings (SSSR count). The highest BCUT2D eigenvalue weighted by Crippen LogP contribution is 2.35. The van der Waals surface area contributed by atoms with E-state index in [9.17, 15) is 4.79 Å². The van der Waals surface area contributed by atoms with E-state index in [2.05, 4.69) is 6.58 Å². The van der Waals surface area contributed by atoms with Gasteiger partial charge in [-0.25, -0.2) is 0 Å². The standard InChI is InChI=1S/C14H17NO3/c1-4-10-7-14(16)15(9-10)12-6-5-11(17-2)8-13(12)18-3/h4-6,8,10H,1,7,9H2,2-3H3. The monoisotopic (exact) mass is 247 g/mol. The summed E-state index contributed by atoms with van der Waals surface area (Å²) in [7, 11) is 3.19. The van der Waals surface area contributed by atoms with Crippen LogP contribution in [0, 0.1) is 5.92 Å². The third kappa shape index (κ3) is 2.18. The van der Waals surface area contributed by atoms with E-state index >= 15 is 0 Å². The maximum absolute atomic E-state index is 12.0. The smallest absolute Gasteiger partial charge is 0.227 e. The van der Waals surface area contributed by atoms with Crippen molar-refractivity contribution in [3.05, 3.63) is 30.9 Å². The van der Waals surface area contributed by atoms with Crippen LogP contribution in [0.15, 0.2) is 30.9 Å². The molecule has 0 aromatic heterocycles. The highest BCUT2D eigenvalue weighted by molar-refractivity contribution is 5.97. The normalized spacial score (nSPS) is 18.9. The van der Waals surface area contributed by atoms with E-state index in [1.807, 2.05) is 18.2 Å². The second kappa shape index (κ2) is 5.12. The molecule has 1 aromatic rings. The molecule has 0 N–H and O–H groups in total. The summed E-state index contributed by atoms with van der Waals surface area (Å²) in [5.74, 6) is 1.67. The molecular weight excluding hydrogens is 230 g/mol. The summed E-state index contributed by atoms with van der Waals surface area (Å²) < 4.78 is 10.5. The van der Waals surface area contributed by atoms with Crippen LogP contribution in [-0.4, -0.2) is 26.7 Å². The van der Waals surface area contributed by atoms with Gasteiger partial charge in [0.05, 0.1) is 19.9 Å². The lowest BCUT2D eigenvalue weighted by Crippen LogP contribution is -2.24. The van der Waals surface area contributed by atoms with Crippen molar-refractivity contribution in [2.24, 2.45) is 5.92 Å². The minimum atomic E-state index is 0.100. The number of anilines is 1. The van der Waals surface area contributed by atoms with Crippen LogP contribution in [0.4, 0.5) is 5.69 Å². The van der Waals surface area contributed by atoms with Gasteiger partial charge in [-0.05, 0) is 12.1 Å². The van der Waals surface area contributed by atoms with Gasteiger partial charge in [-0.1, -0.05) is 6.08 Å². The number of carbonyl (C=O) groups excluding carboxylic acids is 1. The molecule has 1 amide bonds. The first-order chi connectivity index (χ1) is 8.69. The van der Waals surface area contributed by atoms with Crippen LogP contribution < -0.4 is 14.4 Å². The average Bonchev–Trinajstić information content (AvgIpc) is 2.79. The lowest BCUT2D eigenvalue weighted by atomic mass is 10.1. The summed E-state index contributed by atoms with van der Waals surface area (Å²) in [5.41, 5.74) is 0.785. The number of amides is 1. The molecule has 0 aliphatic carbocycles. The molecule has 1 saturated heterocycles. The van der Waals surface area contributed by atoms with Gasteiger partial charge >= 0.3 is 0 Å². The van der Waals surface area contributed by atoms with E-state index in [1.54, 1.807) is 25.2 Å². The van der Waals surface area contributed by atoms with Gasteiger partial charge in [-0.15, -0.1) is 6.58 Å². The Kier molecular flexibility index (Phi) is 3.55. The molecule has 4 heteroatoms. The number of hydrogen-bond donors (Lipinski definition) is 0. The molecule has 1 heterocycles. The number of ether oxygens (including phenoxy) is 2. The highest BCUT2D eigenvalue weighted by Gasteiger charge is 2.30. The molecule has 0 saturated carbocycles. The zero-order chi connectivity index (χ0) is 13.1.